The Kier molecular flexibility index (Phi) is 4.93. The lowest BCUT2D eigenvalue weighted by molar-refractivity contribution is -0.436. The monoisotopic (exact) mass is 385 g/mol. The zero-order chi connectivity index (χ0) is 20.4. The molecule has 0 radical (unpaired) electrons. The molecule has 0 bridgehead atoms. The van der Waals surface area contributed by atoms with Gasteiger partial charge in [0.1, 0.15) is 6.42 Å². The normalized spacial score (nSPS) is 15.1. The lowest BCUT2D eigenvalue weighted by atomic mass is 9.79. The van der Waals surface area contributed by atoms with E-state index in [9.17, 15) is 9.90 Å². The second kappa shape index (κ2) is 7.55. The molecule has 0 atom stereocenters. The van der Waals surface area contributed by atoms with E-state index in [0.717, 1.165) is 17.1 Å². The molecule has 1 aliphatic heterocycles. The molecular weight excluding hydrogens is 360 g/mol. The van der Waals surface area contributed by atoms with E-state index >= 15 is 0 Å². The zero-order valence-electron chi connectivity index (χ0n) is 16.7. The summed E-state index contributed by atoms with van der Waals surface area (Å²) in [4.78, 5) is 11.3. The fourth-order valence-electron chi connectivity index (χ4n) is 4.23. The van der Waals surface area contributed by atoms with Crippen LogP contribution >= 0.6 is 0 Å². The standard InChI is InChI=1S/C25H24N2O2/c1-25(2)22(14-16-26-19-9-4-3-5-10-19)27(17-15-23(28)29)21-13-12-18-8-6-7-11-20(18)24(21)25/h3-14,16H,15,17H2,1-2H3,(H,28,29)/p+1. The van der Waals surface area contributed by atoms with Crippen molar-refractivity contribution in [1.82, 2.24) is 0 Å². The highest BCUT2D eigenvalue weighted by Gasteiger charge is 2.45. The van der Waals surface area contributed by atoms with E-state index < -0.39 is 5.97 Å². The smallest absolute Gasteiger partial charge is 0.309 e. The van der Waals surface area contributed by atoms with Crippen LogP contribution in [-0.4, -0.2) is 27.9 Å². The number of hydrogen-bond acceptors (Lipinski definition) is 2. The number of allylic oxidation sites excluding steroid dienone is 1. The Labute approximate surface area is 170 Å². The fraction of sp³-hybridized carbons (Fsp3) is 0.200. The molecule has 0 amide bonds. The molecule has 0 spiro atoms. The minimum Gasteiger partial charge on any atom is -0.481 e. The highest BCUT2D eigenvalue weighted by Crippen LogP contribution is 2.44. The summed E-state index contributed by atoms with van der Waals surface area (Å²) >= 11 is 0. The summed E-state index contributed by atoms with van der Waals surface area (Å²) in [6, 6.07) is 22.6. The lowest BCUT2D eigenvalue weighted by Gasteiger charge is -2.17. The number of nitrogens with zero attached hydrogens (tertiary/aromatic N) is 1. The summed E-state index contributed by atoms with van der Waals surface area (Å²) in [5, 5.41) is 15.0. The van der Waals surface area contributed by atoms with Gasteiger partial charge in [-0.05, 0) is 42.8 Å². The molecule has 4 rings (SSSR count). The van der Waals surface area contributed by atoms with Crippen molar-refractivity contribution in [2.24, 2.45) is 0 Å². The van der Waals surface area contributed by atoms with Crippen LogP contribution in [0.3, 0.4) is 0 Å². The molecule has 1 heterocycles. The Morgan fingerprint density at radius 2 is 1.76 bits per heavy atom. The Morgan fingerprint density at radius 3 is 2.52 bits per heavy atom. The van der Waals surface area contributed by atoms with Crippen molar-refractivity contribution < 1.29 is 14.5 Å². The van der Waals surface area contributed by atoms with Crippen LogP contribution < -0.4 is 5.32 Å². The Balaban J connectivity index is 1.79. The van der Waals surface area contributed by atoms with Gasteiger partial charge in [-0.2, -0.15) is 4.58 Å². The van der Waals surface area contributed by atoms with Crippen molar-refractivity contribution in [2.45, 2.75) is 25.7 Å². The molecule has 3 aromatic carbocycles. The van der Waals surface area contributed by atoms with Crippen molar-refractivity contribution in [3.05, 3.63) is 84.6 Å². The van der Waals surface area contributed by atoms with Gasteiger partial charge in [0, 0.05) is 29.6 Å². The van der Waals surface area contributed by atoms with E-state index in [1.165, 1.54) is 16.3 Å². The molecule has 0 aromatic heterocycles. The van der Waals surface area contributed by atoms with Gasteiger partial charge in [-0.25, -0.2) is 0 Å². The average Bonchev–Trinajstić information content (AvgIpc) is 2.94. The van der Waals surface area contributed by atoms with Crippen LogP contribution in [0.5, 0.6) is 0 Å². The highest BCUT2D eigenvalue weighted by atomic mass is 16.4. The molecule has 4 heteroatoms. The maximum absolute atomic E-state index is 11.3. The van der Waals surface area contributed by atoms with Crippen LogP contribution in [0, 0.1) is 0 Å². The van der Waals surface area contributed by atoms with Gasteiger partial charge in [-0.15, -0.1) is 0 Å². The molecule has 0 saturated heterocycles. The predicted molar refractivity (Wildman–Crippen MR) is 118 cm³/mol. The minimum absolute atomic E-state index is 0.0891. The maximum Gasteiger partial charge on any atom is 0.309 e. The average molecular weight is 385 g/mol. The number of hydrogen-bond donors (Lipinski definition) is 2. The Hall–Kier alpha value is -3.40. The van der Waals surface area contributed by atoms with Gasteiger partial charge in [0.2, 0.25) is 5.69 Å². The van der Waals surface area contributed by atoms with Crippen molar-refractivity contribution in [1.29, 1.82) is 0 Å². The number of rotatable bonds is 6. The summed E-state index contributed by atoms with van der Waals surface area (Å²) in [7, 11) is 0. The fourth-order valence-corrected chi connectivity index (χ4v) is 4.23. The largest absolute Gasteiger partial charge is 0.481 e. The van der Waals surface area contributed by atoms with Gasteiger partial charge in [0.05, 0.1) is 5.41 Å². The zero-order valence-corrected chi connectivity index (χ0v) is 16.7. The third-order valence-electron chi connectivity index (χ3n) is 5.57. The molecule has 0 saturated carbocycles. The van der Waals surface area contributed by atoms with Gasteiger partial charge in [-0.3, -0.25) is 4.79 Å². The van der Waals surface area contributed by atoms with Crippen LogP contribution in [0.2, 0.25) is 0 Å². The number of nitrogens with one attached hydrogen (secondary N) is 1. The first kappa shape index (κ1) is 18.9. The van der Waals surface area contributed by atoms with E-state index in [-0.39, 0.29) is 11.8 Å². The topological polar surface area (TPSA) is 52.3 Å². The van der Waals surface area contributed by atoms with Gasteiger partial charge in [-0.1, -0.05) is 42.5 Å². The second-order valence-corrected chi connectivity index (χ2v) is 7.83. The van der Waals surface area contributed by atoms with Crippen LogP contribution in [-0.2, 0) is 10.2 Å². The summed E-state index contributed by atoms with van der Waals surface area (Å²) in [5.74, 6) is -0.789. The number of carboxylic acids is 1. The molecule has 3 aromatic rings. The predicted octanol–water partition coefficient (Wildman–Crippen LogP) is 5.32. The number of fused-ring (bicyclic) bond motifs is 3. The third kappa shape index (κ3) is 3.54. The molecule has 146 valence electrons. The van der Waals surface area contributed by atoms with Gasteiger partial charge in [0.15, 0.2) is 12.3 Å². The van der Waals surface area contributed by atoms with E-state index in [0.29, 0.717) is 6.54 Å². The van der Waals surface area contributed by atoms with Gasteiger partial charge in [0.25, 0.3) is 0 Å². The Bertz CT molecular complexity index is 1130. The lowest BCUT2D eigenvalue weighted by Crippen LogP contribution is -2.28. The first-order valence-electron chi connectivity index (χ1n) is 9.85. The summed E-state index contributed by atoms with van der Waals surface area (Å²) in [6.07, 6.45) is 4.10. The van der Waals surface area contributed by atoms with E-state index in [2.05, 4.69) is 60.1 Å². The maximum atomic E-state index is 11.3. The van der Waals surface area contributed by atoms with Gasteiger partial charge >= 0.3 is 5.97 Å². The minimum atomic E-state index is -0.789. The van der Waals surface area contributed by atoms with Crippen LogP contribution in [0.1, 0.15) is 25.8 Å². The number of anilines is 1. The van der Waals surface area contributed by atoms with Crippen LogP contribution in [0.4, 0.5) is 11.4 Å². The van der Waals surface area contributed by atoms with Crippen LogP contribution in [0.15, 0.2) is 79.0 Å². The molecule has 2 N–H and O–H groups in total. The second-order valence-electron chi connectivity index (χ2n) is 7.83. The number of carboxylic acid groups (broad SMARTS) is 1. The third-order valence-corrected chi connectivity index (χ3v) is 5.57. The number of benzene rings is 3. The first-order chi connectivity index (χ1) is 14.0. The van der Waals surface area contributed by atoms with Crippen molar-refractivity contribution >= 4 is 33.8 Å². The number of para-hydroxylation sites is 1. The number of carbonyl (C=O) groups is 1. The summed E-state index contributed by atoms with van der Waals surface area (Å²) < 4.78 is 2.15. The molecule has 29 heavy (non-hydrogen) atoms. The van der Waals surface area contributed by atoms with Crippen LogP contribution in [0.25, 0.3) is 10.8 Å². The van der Waals surface area contributed by atoms with E-state index in [1.54, 1.807) is 0 Å². The quantitative estimate of drug-likeness (QED) is 0.565. The Morgan fingerprint density at radius 1 is 1.03 bits per heavy atom. The SMILES string of the molecule is CC1(C)C(/C=C/Nc2ccccc2)=[N+](CCC(=O)O)c2ccc3ccccc3c21. The van der Waals surface area contributed by atoms with Crippen molar-refractivity contribution in [3.8, 4) is 0 Å². The molecule has 0 fully saturated rings. The molecule has 1 aliphatic rings. The highest BCUT2D eigenvalue weighted by molar-refractivity contribution is 6.07. The first-order valence-corrected chi connectivity index (χ1v) is 9.85. The van der Waals surface area contributed by atoms with Crippen molar-refractivity contribution in [3.63, 3.8) is 0 Å². The summed E-state index contributed by atoms with van der Waals surface area (Å²) in [6.45, 7) is 4.86. The van der Waals surface area contributed by atoms with E-state index in [4.69, 9.17) is 0 Å². The molecule has 0 unspecified atom stereocenters. The van der Waals surface area contributed by atoms with E-state index in [1.807, 2.05) is 42.6 Å². The van der Waals surface area contributed by atoms with Gasteiger partial charge < -0.3 is 10.4 Å². The molecule has 0 aliphatic carbocycles. The summed E-state index contributed by atoms with van der Waals surface area (Å²) in [5.41, 5.74) is 4.20. The van der Waals surface area contributed by atoms with Crippen molar-refractivity contribution in [2.75, 3.05) is 11.9 Å². The number of aliphatic carboxylic acids is 1. The molecular formula is C25H25N2O2+. The molecule has 4 nitrogen and oxygen atoms in total.